The minimum absolute atomic E-state index is 0.164. The SMILES string of the molecule is COCCOCCCNC(=O)[C@@H](N)c1ccccc1. The summed E-state index contributed by atoms with van der Waals surface area (Å²) in [6.07, 6.45) is 0.761. The highest BCUT2D eigenvalue weighted by atomic mass is 16.5. The highest BCUT2D eigenvalue weighted by Crippen LogP contribution is 2.08. The molecule has 0 saturated heterocycles. The summed E-state index contributed by atoms with van der Waals surface area (Å²) in [5.41, 5.74) is 6.68. The van der Waals surface area contributed by atoms with Crippen LogP contribution in [0.1, 0.15) is 18.0 Å². The maximum atomic E-state index is 11.8. The quantitative estimate of drug-likeness (QED) is 0.650. The van der Waals surface area contributed by atoms with Crippen LogP contribution in [0.15, 0.2) is 30.3 Å². The van der Waals surface area contributed by atoms with Crippen LogP contribution in [0.3, 0.4) is 0 Å². The number of nitrogens with one attached hydrogen (secondary N) is 1. The molecule has 0 unspecified atom stereocenters. The zero-order valence-corrected chi connectivity index (χ0v) is 11.3. The van der Waals surface area contributed by atoms with E-state index >= 15 is 0 Å². The average molecular weight is 266 g/mol. The lowest BCUT2D eigenvalue weighted by molar-refractivity contribution is -0.122. The van der Waals surface area contributed by atoms with Crippen LogP contribution in [0.25, 0.3) is 0 Å². The van der Waals surface area contributed by atoms with Gasteiger partial charge in [-0.25, -0.2) is 0 Å². The molecule has 1 amide bonds. The van der Waals surface area contributed by atoms with Gasteiger partial charge in [-0.3, -0.25) is 4.79 Å². The molecule has 0 aliphatic heterocycles. The number of rotatable bonds is 9. The molecule has 0 radical (unpaired) electrons. The Morgan fingerprint density at radius 3 is 2.68 bits per heavy atom. The van der Waals surface area contributed by atoms with Crippen LogP contribution in [0.5, 0.6) is 0 Å². The van der Waals surface area contributed by atoms with Gasteiger partial charge in [0.15, 0.2) is 0 Å². The number of hydrogen-bond donors (Lipinski definition) is 2. The summed E-state index contributed by atoms with van der Waals surface area (Å²) in [7, 11) is 1.63. The molecule has 0 aliphatic rings. The molecule has 0 aromatic heterocycles. The topological polar surface area (TPSA) is 73.6 Å². The van der Waals surface area contributed by atoms with Crippen LogP contribution in [0.4, 0.5) is 0 Å². The van der Waals surface area contributed by atoms with Crippen molar-refractivity contribution in [3.05, 3.63) is 35.9 Å². The molecule has 106 valence electrons. The summed E-state index contributed by atoms with van der Waals surface area (Å²) >= 11 is 0. The minimum atomic E-state index is -0.615. The molecule has 5 heteroatoms. The number of ether oxygens (including phenoxy) is 2. The molecule has 1 aromatic carbocycles. The molecule has 1 rings (SSSR count). The summed E-state index contributed by atoms with van der Waals surface area (Å²) in [6, 6.07) is 8.70. The van der Waals surface area contributed by atoms with Gasteiger partial charge in [0, 0.05) is 20.3 Å². The molecule has 0 spiro atoms. The van der Waals surface area contributed by atoms with E-state index in [0.29, 0.717) is 26.4 Å². The Morgan fingerprint density at radius 2 is 2.00 bits per heavy atom. The van der Waals surface area contributed by atoms with E-state index in [0.717, 1.165) is 12.0 Å². The van der Waals surface area contributed by atoms with Crippen molar-refractivity contribution in [2.24, 2.45) is 5.73 Å². The van der Waals surface area contributed by atoms with Gasteiger partial charge in [0.1, 0.15) is 6.04 Å². The van der Waals surface area contributed by atoms with Gasteiger partial charge in [0.25, 0.3) is 0 Å². The van der Waals surface area contributed by atoms with Gasteiger partial charge in [-0.15, -0.1) is 0 Å². The van der Waals surface area contributed by atoms with Crippen molar-refractivity contribution in [1.82, 2.24) is 5.32 Å². The third kappa shape index (κ3) is 6.33. The Balaban J connectivity index is 2.14. The molecule has 0 saturated carbocycles. The molecule has 0 fully saturated rings. The van der Waals surface area contributed by atoms with Gasteiger partial charge in [-0.2, -0.15) is 0 Å². The summed E-state index contributed by atoms with van der Waals surface area (Å²) in [6.45, 7) is 2.33. The molecule has 19 heavy (non-hydrogen) atoms. The van der Waals surface area contributed by atoms with E-state index in [1.807, 2.05) is 30.3 Å². The number of amides is 1. The second-order valence-electron chi connectivity index (χ2n) is 4.14. The molecular formula is C14H22N2O3. The monoisotopic (exact) mass is 266 g/mol. The van der Waals surface area contributed by atoms with E-state index in [1.165, 1.54) is 0 Å². The molecule has 5 nitrogen and oxygen atoms in total. The summed E-state index contributed by atoms with van der Waals surface area (Å²) in [4.78, 5) is 11.8. The number of carbonyl (C=O) groups is 1. The number of hydrogen-bond acceptors (Lipinski definition) is 4. The lowest BCUT2D eigenvalue weighted by Crippen LogP contribution is -2.35. The van der Waals surface area contributed by atoms with Crippen molar-refractivity contribution >= 4 is 5.91 Å². The Morgan fingerprint density at radius 1 is 1.26 bits per heavy atom. The van der Waals surface area contributed by atoms with Gasteiger partial charge in [0.2, 0.25) is 5.91 Å². The first-order valence-corrected chi connectivity index (χ1v) is 6.40. The van der Waals surface area contributed by atoms with E-state index in [2.05, 4.69) is 5.32 Å². The fraction of sp³-hybridized carbons (Fsp3) is 0.500. The molecule has 3 N–H and O–H groups in total. The Hall–Kier alpha value is -1.43. The van der Waals surface area contributed by atoms with E-state index in [4.69, 9.17) is 15.2 Å². The summed E-state index contributed by atoms with van der Waals surface area (Å²) < 4.78 is 10.1. The smallest absolute Gasteiger partial charge is 0.241 e. The second-order valence-corrected chi connectivity index (χ2v) is 4.14. The Labute approximate surface area is 114 Å². The standard InChI is InChI=1S/C14H22N2O3/c1-18-10-11-19-9-5-8-16-14(17)13(15)12-6-3-2-4-7-12/h2-4,6-7,13H,5,8-11,15H2,1H3,(H,16,17)/t13-/m0/s1. The number of nitrogens with two attached hydrogens (primary N) is 1. The zero-order valence-electron chi connectivity index (χ0n) is 11.3. The second kappa shape index (κ2) is 9.49. The van der Waals surface area contributed by atoms with Crippen molar-refractivity contribution in [3.8, 4) is 0 Å². The predicted octanol–water partition coefficient (Wildman–Crippen LogP) is 0.856. The maximum Gasteiger partial charge on any atom is 0.241 e. The lowest BCUT2D eigenvalue weighted by atomic mass is 10.1. The van der Waals surface area contributed by atoms with E-state index in [1.54, 1.807) is 7.11 Å². The first kappa shape index (κ1) is 15.6. The highest BCUT2D eigenvalue weighted by Gasteiger charge is 2.14. The van der Waals surface area contributed by atoms with Gasteiger partial charge < -0.3 is 20.5 Å². The molecule has 0 bridgehead atoms. The van der Waals surface area contributed by atoms with E-state index < -0.39 is 6.04 Å². The van der Waals surface area contributed by atoms with Gasteiger partial charge >= 0.3 is 0 Å². The van der Waals surface area contributed by atoms with Crippen LogP contribution in [0, 0.1) is 0 Å². The molecular weight excluding hydrogens is 244 g/mol. The van der Waals surface area contributed by atoms with Gasteiger partial charge in [-0.05, 0) is 12.0 Å². The van der Waals surface area contributed by atoms with Crippen molar-refractivity contribution < 1.29 is 14.3 Å². The molecule has 1 atom stereocenters. The summed E-state index contributed by atoms with van der Waals surface area (Å²) in [5, 5.41) is 2.80. The largest absolute Gasteiger partial charge is 0.382 e. The minimum Gasteiger partial charge on any atom is -0.382 e. The van der Waals surface area contributed by atoms with Crippen molar-refractivity contribution in [3.63, 3.8) is 0 Å². The van der Waals surface area contributed by atoms with Crippen LogP contribution in [-0.4, -0.2) is 39.4 Å². The number of benzene rings is 1. The molecule has 1 aromatic rings. The Kier molecular flexibility index (Phi) is 7.81. The van der Waals surface area contributed by atoms with E-state index in [9.17, 15) is 4.79 Å². The average Bonchev–Trinajstić information content (AvgIpc) is 2.46. The highest BCUT2D eigenvalue weighted by molar-refractivity contribution is 5.82. The van der Waals surface area contributed by atoms with Crippen molar-refractivity contribution in [2.45, 2.75) is 12.5 Å². The molecule has 0 aliphatic carbocycles. The van der Waals surface area contributed by atoms with Crippen LogP contribution >= 0.6 is 0 Å². The normalized spacial score (nSPS) is 12.1. The third-order valence-electron chi connectivity index (χ3n) is 2.64. The maximum absolute atomic E-state index is 11.8. The van der Waals surface area contributed by atoms with Crippen molar-refractivity contribution in [1.29, 1.82) is 0 Å². The van der Waals surface area contributed by atoms with Crippen LogP contribution < -0.4 is 11.1 Å². The molecule has 0 heterocycles. The van der Waals surface area contributed by atoms with Gasteiger partial charge in [-0.1, -0.05) is 30.3 Å². The first-order valence-electron chi connectivity index (χ1n) is 6.40. The van der Waals surface area contributed by atoms with Crippen molar-refractivity contribution in [2.75, 3.05) is 33.5 Å². The van der Waals surface area contributed by atoms with E-state index in [-0.39, 0.29) is 5.91 Å². The number of carbonyl (C=O) groups excluding carboxylic acids is 1. The van der Waals surface area contributed by atoms with Gasteiger partial charge in [0.05, 0.1) is 13.2 Å². The summed E-state index contributed by atoms with van der Waals surface area (Å²) in [5.74, 6) is -0.164. The zero-order chi connectivity index (χ0) is 13.9. The van der Waals surface area contributed by atoms with Crippen LogP contribution in [0.2, 0.25) is 0 Å². The van der Waals surface area contributed by atoms with Crippen LogP contribution in [-0.2, 0) is 14.3 Å². The number of methoxy groups -OCH3 is 1. The fourth-order valence-corrected chi connectivity index (χ4v) is 1.55. The fourth-order valence-electron chi connectivity index (χ4n) is 1.55. The predicted molar refractivity (Wildman–Crippen MR) is 73.7 cm³/mol. The third-order valence-corrected chi connectivity index (χ3v) is 2.64. The Bertz CT molecular complexity index is 357. The first-order chi connectivity index (χ1) is 9.25. The lowest BCUT2D eigenvalue weighted by Gasteiger charge is -2.12.